The van der Waals surface area contributed by atoms with Crippen molar-refractivity contribution in [2.75, 3.05) is 6.26 Å². The molecule has 3 N–H and O–H groups in total. The third-order valence-corrected chi connectivity index (χ3v) is 5.15. The topological polar surface area (TPSA) is 38.0 Å². The summed E-state index contributed by atoms with van der Waals surface area (Å²) < 4.78 is 0. The molecule has 2 fully saturated rings. The largest absolute Gasteiger partial charge is 0.328 e. The van der Waals surface area contributed by atoms with Gasteiger partial charge in [0.1, 0.15) is 0 Å². The lowest BCUT2D eigenvalue weighted by Crippen LogP contribution is -2.44. The van der Waals surface area contributed by atoms with E-state index in [1.165, 1.54) is 44.9 Å². The molecule has 2 atom stereocenters. The first-order valence-electron chi connectivity index (χ1n) is 6.34. The molecule has 0 heterocycles. The van der Waals surface area contributed by atoms with Gasteiger partial charge in [0.15, 0.2) is 0 Å². The second-order valence-corrected chi connectivity index (χ2v) is 6.17. The quantitative estimate of drug-likeness (QED) is 0.777. The number of hydrogen-bond donors (Lipinski definition) is 2. The Morgan fingerprint density at radius 2 is 1.80 bits per heavy atom. The average Bonchev–Trinajstić information content (AvgIpc) is 2.69. The third kappa shape index (κ3) is 3.11. The molecule has 2 saturated carbocycles. The normalized spacial score (nSPS) is 42.0. The monoisotopic (exact) mass is 228 g/mol. The van der Waals surface area contributed by atoms with Crippen molar-refractivity contribution in [3.05, 3.63) is 0 Å². The van der Waals surface area contributed by atoms with Crippen LogP contribution in [0, 0.1) is 0 Å². The average molecular weight is 228 g/mol. The van der Waals surface area contributed by atoms with E-state index in [0.29, 0.717) is 6.04 Å². The van der Waals surface area contributed by atoms with Gasteiger partial charge in [-0.15, -0.1) is 0 Å². The molecule has 0 spiro atoms. The Labute approximate surface area is 97.8 Å². The summed E-state index contributed by atoms with van der Waals surface area (Å²) in [4.78, 5) is 0. The molecule has 0 aromatic heterocycles. The second kappa shape index (κ2) is 5.55. The van der Waals surface area contributed by atoms with Gasteiger partial charge in [0, 0.05) is 23.4 Å². The van der Waals surface area contributed by atoms with Crippen LogP contribution >= 0.6 is 11.8 Å². The van der Waals surface area contributed by atoms with E-state index in [9.17, 15) is 0 Å². The van der Waals surface area contributed by atoms with Crippen molar-refractivity contribution in [1.29, 1.82) is 0 Å². The fraction of sp³-hybridized carbons (Fsp3) is 1.00. The Hall–Kier alpha value is 0.270. The zero-order valence-electron chi connectivity index (χ0n) is 9.74. The predicted octanol–water partition coefficient (Wildman–Crippen LogP) is 2.13. The van der Waals surface area contributed by atoms with Gasteiger partial charge in [0.2, 0.25) is 0 Å². The van der Waals surface area contributed by atoms with Gasteiger partial charge in [0.25, 0.3) is 0 Å². The molecular weight excluding hydrogens is 204 g/mol. The van der Waals surface area contributed by atoms with Crippen molar-refractivity contribution in [2.24, 2.45) is 5.73 Å². The SMILES string of the molecule is CSC1CCCC1NC1CCC(N)CC1. The van der Waals surface area contributed by atoms with Crippen molar-refractivity contribution in [3.8, 4) is 0 Å². The van der Waals surface area contributed by atoms with E-state index in [2.05, 4.69) is 11.6 Å². The van der Waals surface area contributed by atoms with Crippen molar-refractivity contribution < 1.29 is 0 Å². The first-order chi connectivity index (χ1) is 7.29. The fourth-order valence-corrected chi connectivity index (χ4v) is 3.93. The number of nitrogens with one attached hydrogen (secondary N) is 1. The van der Waals surface area contributed by atoms with Gasteiger partial charge in [-0.1, -0.05) is 6.42 Å². The molecule has 2 rings (SSSR count). The maximum Gasteiger partial charge on any atom is 0.0198 e. The molecule has 3 heteroatoms. The highest BCUT2D eigenvalue weighted by molar-refractivity contribution is 7.99. The smallest absolute Gasteiger partial charge is 0.0198 e. The minimum Gasteiger partial charge on any atom is -0.328 e. The number of rotatable bonds is 3. The Morgan fingerprint density at radius 1 is 1.07 bits per heavy atom. The molecule has 0 aromatic carbocycles. The summed E-state index contributed by atoms with van der Waals surface area (Å²) in [5.41, 5.74) is 5.93. The predicted molar refractivity (Wildman–Crippen MR) is 68.3 cm³/mol. The number of thioether (sulfide) groups is 1. The van der Waals surface area contributed by atoms with E-state index >= 15 is 0 Å². The van der Waals surface area contributed by atoms with Crippen LogP contribution in [-0.2, 0) is 0 Å². The maximum atomic E-state index is 5.93. The van der Waals surface area contributed by atoms with Crippen LogP contribution in [0.15, 0.2) is 0 Å². The number of nitrogens with two attached hydrogens (primary N) is 1. The first kappa shape index (κ1) is 11.7. The molecular formula is C12H24N2S. The standard InChI is InChI=1S/C12H24N2S/c1-15-12-4-2-3-11(12)14-10-7-5-9(13)6-8-10/h9-12,14H,2-8,13H2,1H3. The molecule has 0 radical (unpaired) electrons. The van der Waals surface area contributed by atoms with Crippen LogP contribution in [0.2, 0.25) is 0 Å². The van der Waals surface area contributed by atoms with Crippen molar-refractivity contribution in [2.45, 2.75) is 68.3 Å². The van der Waals surface area contributed by atoms with E-state index in [-0.39, 0.29) is 0 Å². The van der Waals surface area contributed by atoms with Gasteiger partial charge in [0.05, 0.1) is 0 Å². The minimum absolute atomic E-state index is 0.475. The lowest BCUT2D eigenvalue weighted by molar-refractivity contribution is 0.316. The van der Waals surface area contributed by atoms with Gasteiger partial charge in [-0.2, -0.15) is 11.8 Å². The molecule has 15 heavy (non-hydrogen) atoms. The third-order valence-electron chi connectivity index (χ3n) is 3.98. The summed E-state index contributed by atoms with van der Waals surface area (Å²) in [7, 11) is 0. The lowest BCUT2D eigenvalue weighted by Gasteiger charge is -2.31. The molecule has 2 unspecified atom stereocenters. The van der Waals surface area contributed by atoms with E-state index in [1.807, 2.05) is 11.8 Å². The first-order valence-corrected chi connectivity index (χ1v) is 7.63. The highest BCUT2D eigenvalue weighted by Crippen LogP contribution is 2.30. The fourth-order valence-electron chi connectivity index (χ4n) is 2.99. The van der Waals surface area contributed by atoms with Crippen LogP contribution in [0.4, 0.5) is 0 Å². The summed E-state index contributed by atoms with van der Waals surface area (Å²) in [5.74, 6) is 0. The summed E-state index contributed by atoms with van der Waals surface area (Å²) in [6, 6.07) is 2.00. The molecule has 0 aliphatic heterocycles. The second-order valence-electron chi connectivity index (χ2n) is 5.09. The zero-order chi connectivity index (χ0) is 10.7. The molecule has 2 aliphatic rings. The molecule has 2 nitrogen and oxygen atoms in total. The van der Waals surface area contributed by atoms with Crippen LogP contribution in [-0.4, -0.2) is 29.6 Å². The van der Waals surface area contributed by atoms with E-state index < -0.39 is 0 Å². The van der Waals surface area contributed by atoms with E-state index in [4.69, 9.17) is 5.73 Å². The van der Waals surface area contributed by atoms with Crippen LogP contribution in [0.25, 0.3) is 0 Å². The lowest BCUT2D eigenvalue weighted by atomic mass is 9.91. The van der Waals surface area contributed by atoms with Crippen LogP contribution in [0.1, 0.15) is 44.9 Å². The molecule has 0 bridgehead atoms. The molecule has 88 valence electrons. The Bertz CT molecular complexity index is 190. The van der Waals surface area contributed by atoms with Gasteiger partial charge in [-0.3, -0.25) is 0 Å². The summed E-state index contributed by atoms with van der Waals surface area (Å²) in [6.45, 7) is 0. The summed E-state index contributed by atoms with van der Waals surface area (Å²) >= 11 is 2.04. The van der Waals surface area contributed by atoms with E-state index in [1.54, 1.807) is 0 Å². The van der Waals surface area contributed by atoms with Gasteiger partial charge in [-0.05, 0) is 44.8 Å². The van der Waals surface area contributed by atoms with Crippen molar-refractivity contribution >= 4 is 11.8 Å². The van der Waals surface area contributed by atoms with Crippen LogP contribution in [0.5, 0.6) is 0 Å². The van der Waals surface area contributed by atoms with Gasteiger partial charge >= 0.3 is 0 Å². The highest BCUT2D eigenvalue weighted by atomic mass is 32.2. The Kier molecular flexibility index (Phi) is 4.35. The summed E-state index contributed by atoms with van der Waals surface area (Å²) in [6.07, 6.45) is 11.5. The minimum atomic E-state index is 0.475. The summed E-state index contributed by atoms with van der Waals surface area (Å²) in [5, 5.41) is 4.72. The van der Waals surface area contributed by atoms with Gasteiger partial charge < -0.3 is 11.1 Å². The molecule has 0 saturated heterocycles. The Morgan fingerprint density at radius 3 is 2.47 bits per heavy atom. The maximum absolute atomic E-state index is 5.93. The number of hydrogen-bond acceptors (Lipinski definition) is 3. The zero-order valence-corrected chi connectivity index (χ0v) is 10.6. The molecule has 2 aliphatic carbocycles. The highest BCUT2D eigenvalue weighted by Gasteiger charge is 2.29. The van der Waals surface area contributed by atoms with E-state index in [0.717, 1.165) is 17.3 Å². The molecule has 0 amide bonds. The van der Waals surface area contributed by atoms with Crippen LogP contribution < -0.4 is 11.1 Å². The molecule has 0 aromatic rings. The van der Waals surface area contributed by atoms with Crippen molar-refractivity contribution in [1.82, 2.24) is 5.32 Å². The Balaban J connectivity index is 1.76. The van der Waals surface area contributed by atoms with Crippen molar-refractivity contribution in [3.63, 3.8) is 0 Å². The van der Waals surface area contributed by atoms with Gasteiger partial charge in [-0.25, -0.2) is 0 Å². The van der Waals surface area contributed by atoms with Crippen LogP contribution in [0.3, 0.4) is 0 Å².